The van der Waals surface area contributed by atoms with E-state index in [1.54, 1.807) is 17.0 Å². The Kier molecular flexibility index (Phi) is 12.8. The van der Waals surface area contributed by atoms with Gasteiger partial charge in [0, 0.05) is 13.1 Å². The molecule has 1 heterocycles. The van der Waals surface area contributed by atoms with Crippen molar-refractivity contribution >= 4 is 15.9 Å². The smallest absolute Gasteiger partial charge is 0.241 e. The molecule has 33 heavy (non-hydrogen) atoms. The van der Waals surface area contributed by atoms with Gasteiger partial charge in [0.15, 0.2) is 0 Å². The number of nitrogens with zero attached hydrogens (tertiary/aromatic N) is 1. The lowest BCUT2D eigenvalue weighted by molar-refractivity contribution is -0.134. The summed E-state index contributed by atoms with van der Waals surface area (Å²) in [6, 6.07) is 5.52. The minimum atomic E-state index is -3.83. The third-order valence-electron chi connectivity index (χ3n) is 4.84. The molecule has 1 amide bonds. The molecule has 11 heteroatoms. The Balaban J connectivity index is 1.92. The van der Waals surface area contributed by atoms with Crippen LogP contribution < -0.4 is 4.72 Å². The van der Waals surface area contributed by atoms with Crippen LogP contribution in [-0.4, -0.2) is 104 Å². The van der Waals surface area contributed by atoms with E-state index in [0.29, 0.717) is 79.2 Å². The van der Waals surface area contributed by atoms with Gasteiger partial charge in [-0.3, -0.25) is 4.79 Å². The van der Waals surface area contributed by atoms with Crippen molar-refractivity contribution in [1.29, 1.82) is 0 Å². The summed E-state index contributed by atoms with van der Waals surface area (Å²) in [5.74, 6) is -0.350. The molecular weight excluding hydrogens is 452 g/mol. The minimum absolute atomic E-state index is 0.115. The molecule has 0 spiro atoms. The first-order valence-electron chi connectivity index (χ1n) is 11.2. The highest BCUT2D eigenvalue weighted by Gasteiger charge is 2.25. The molecule has 0 aromatic heterocycles. The molecule has 0 unspecified atom stereocenters. The van der Waals surface area contributed by atoms with Crippen LogP contribution in [0.5, 0.6) is 0 Å². The molecule has 0 bridgehead atoms. The molecule has 1 saturated heterocycles. The third kappa shape index (κ3) is 10.9. The largest absolute Gasteiger partial charge is 0.377 e. The first-order chi connectivity index (χ1) is 15.9. The molecule has 1 aliphatic heterocycles. The van der Waals surface area contributed by atoms with Crippen molar-refractivity contribution in [3.05, 3.63) is 29.8 Å². The van der Waals surface area contributed by atoms with Crippen LogP contribution in [0.4, 0.5) is 0 Å². The summed E-state index contributed by atoms with van der Waals surface area (Å²) < 4.78 is 55.2. The molecule has 188 valence electrons. The SMILES string of the molecule is Cc1ccc(S(=O)(=O)N[C@@H](C)C(=O)N2CCOCCOCCOCCOCCOCC2)cc1. The van der Waals surface area contributed by atoms with Gasteiger partial charge in [-0.1, -0.05) is 17.7 Å². The molecule has 1 N–H and O–H groups in total. The van der Waals surface area contributed by atoms with Crippen LogP contribution in [0.25, 0.3) is 0 Å². The number of amides is 1. The van der Waals surface area contributed by atoms with E-state index < -0.39 is 16.1 Å². The Morgan fingerprint density at radius 2 is 1.18 bits per heavy atom. The number of carbonyl (C=O) groups is 1. The summed E-state index contributed by atoms with van der Waals surface area (Å²) in [7, 11) is -3.83. The van der Waals surface area contributed by atoms with Crippen LogP contribution in [0.1, 0.15) is 12.5 Å². The number of nitrogens with one attached hydrogen (secondary N) is 1. The van der Waals surface area contributed by atoms with Gasteiger partial charge in [-0.25, -0.2) is 8.42 Å². The fraction of sp³-hybridized carbons (Fsp3) is 0.682. The maximum atomic E-state index is 13.0. The lowest BCUT2D eigenvalue weighted by atomic mass is 10.2. The standard InChI is InChI=1S/C22H36N2O8S/c1-19-3-5-21(6-4-19)33(26,27)23-20(2)22(25)24-7-9-28-11-13-30-15-17-32-18-16-31-14-12-29-10-8-24/h3-6,20,23H,7-18H2,1-2H3/t20-/m0/s1. The van der Waals surface area contributed by atoms with Gasteiger partial charge in [-0.15, -0.1) is 0 Å². The number of rotatable bonds is 4. The van der Waals surface area contributed by atoms with E-state index in [9.17, 15) is 13.2 Å². The second-order valence-corrected chi connectivity index (χ2v) is 9.26. The Bertz CT molecular complexity index is 770. The number of carbonyl (C=O) groups excluding carboxylic acids is 1. The highest BCUT2D eigenvalue weighted by atomic mass is 32.2. The zero-order valence-electron chi connectivity index (χ0n) is 19.5. The monoisotopic (exact) mass is 488 g/mol. The maximum Gasteiger partial charge on any atom is 0.241 e. The Morgan fingerprint density at radius 1 is 0.788 bits per heavy atom. The van der Waals surface area contributed by atoms with Gasteiger partial charge in [-0.2, -0.15) is 4.72 Å². The summed E-state index contributed by atoms with van der Waals surface area (Å²) >= 11 is 0. The zero-order chi connectivity index (χ0) is 23.9. The van der Waals surface area contributed by atoms with Crippen molar-refractivity contribution in [3.8, 4) is 0 Å². The van der Waals surface area contributed by atoms with Crippen molar-refractivity contribution < 1.29 is 36.9 Å². The summed E-state index contributed by atoms with van der Waals surface area (Å²) in [6.45, 7) is 8.13. The molecule has 0 saturated carbocycles. The Morgan fingerprint density at radius 3 is 1.61 bits per heavy atom. The van der Waals surface area contributed by atoms with Crippen molar-refractivity contribution in [1.82, 2.24) is 9.62 Å². The number of ether oxygens (including phenoxy) is 5. The molecule has 10 nitrogen and oxygen atoms in total. The number of hydrogen-bond donors (Lipinski definition) is 1. The number of benzene rings is 1. The number of hydrogen-bond acceptors (Lipinski definition) is 8. The molecule has 1 aromatic carbocycles. The van der Waals surface area contributed by atoms with E-state index in [1.807, 2.05) is 6.92 Å². The van der Waals surface area contributed by atoms with Gasteiger partial charge in [0.1, 0.15) is 0 Å². The van der Waals surface area contributed by atoms with Crippen LogP contribution in [0.15, 0.2) is 29.2 Å². The first-order valence-corrected chi connectivity index (χ1v) is 12.6. The average Bonchev–Trinajstić information content (AvgIpc) is 2.78. The summed E-state index contributed by atoms with van der Waals surface area (Å²) in [5, 5.41) is 0. The second-order valence-electron chi connectivity index (χ2n) is 7.54. The van der Waals surface area contributed by atoms with Crippen molar-refractivity contribution in [2.75, 3.05) is 79.2 Å². The van der Waals surface area contributed by atoms with Gasteiger partial charge in [0.2, 0.25) is 15.9 Å². The maximum absolute atomic E-state index is 13.0. The highest BCUT2D eigenvalue weighted by Crippen LogP contribution is 2.11. The lowest BCUT2D eigenvalue weighted by Gasteiger charge is -2.26. The highest BCUT2D eigenvalue weighted by molar-refractivity contribution is 7.89. The van der Waals surface area contributed by atoms with Crippen LogP contribution in [0.3, 0.4) is 0 Å². The number of sulfonamides is 1. The minimum Gasteiger partial charge on any atom is -0.377 e. The molecule has 0 aliphatic carbocycles. The van der Waals surface area contributed by atoms with Gasteiger partial charge in [0.25, 0.3) is 0 Å². The summed E-state index contributed by atoms with van der Waals surface area (Å²) in [5.41, 5.74) is 0.950. The zero-order valence-corrected chi connectivity index (χ0v) is 20.3. The van der Waals surface area contributed by atoms with Crippen LogP contribution >= 0.6 is 0 Å². The molecule has 1 fully saturated rings. The van der Waals surface area contributed by atoms with Crippen LogP contribution in [-0.2, 0) is 38.5 Å². The average molecular weight is 489 g/mol. The van der Waals surface area contributed by atoms with Crippen LogP contribution in [0, 0.1) is 6.92 Å². The van der Waals surface area contributed by atoms with Crippen LogP contribution in [0.2, 0.25) is 0 Å². The molecule has 1 atom stereocenters. The van der Waals surface area contributed by atoms with Crippen molar-refractivity contribution in [2.45, 2.75) is 24.8 Å². The molecule has 0 radical (unpaired) electrons. The van der Waals surface area contributed by atoms with E-state index in [-0.39, 0.29) is 10.8 Å². The fourth-order valence-corrected chi connectivity index (χ4v) is 4.20. The topological polar surface area (TPSA) is 113 Å². The normalized spacial score (nSPS) is 19.9. The quantitative estimate of drug-likeness (QED) is 0.655. The lowest BCUT2D eigenvalue weighted by Crippen LogP contribution is -2.48. The van der Waals surface area contributed by atoms with Gasteiger partial charge < -0.3 is 28.6 Å². The van der Waals surface area contributed by atoms with E-state index >= 15 is 0 Å². The predicted molar refractivity (Wildman–Crippen MR) is 122 cm³/mol. The third-order valence-corrected chi connectivity index (χ3v) is 6.40. The molecular formula is C22H36N2O8S. The Hall–Kier alpha value is -1.60. The van der Waals surface area contributed by atoms with Crippen molar-refractivity contribution in [2.24, 2.45) is 0 Å². The molecule has 1 aliphatic rings. The van der Waals surface area contributed by atoms with E-state index in [0.717, 1.165) is 5.56 Å². The Labute approximate surface area is 196 Å². The summed E-state index contributed by atoms with van der Waals surface area (Å²) in [4.78, 5) is 14.7. The van der Waals surface area contributed by atoms with E-state index in [1.165, 1.54) is 19.1 Å². The fourth-order valence-electron chi connectivity index (χ4n) is 3.01. The summed E-state index contributed by atoms with van der Waals surface area (Å²) in [6.07, 6.45) is 0. The predicted octanol–water partition coefficient (Wildman–Crippen LogP) is 0.587. The van der Waals surface area contributed by atoms with E-state index in [4.69, 9.17) is 23.7 Å². The molecule has 1 aromatic rings. The molecule has 2 rings (SSSR count). The number of aryl methyl sites for hydroxylation is 1. The first kappa shape index (κ1) is 27.6. The van der Waals surface area contributed by atoms with Gasteiger partial charge in [-0.05, 0) is 26.0 Å². The van der Waals surface area contributed by atoms with Gasteiger partial charge >= 0.3 is 0 Å². The van der Waals surface area contributed by atoms with Gasteiger partial charge in [0.05, 0.1) is 77.0 Å². The van der Waals surface area contributed by atoms with Crippen molar-refractivity contribution in [3.63, 3.8) is 0 Å². The van der Waals surface area contributed by atoms with E-state index in [2.05, 4.69) is 4.72 Å². The second kappa shape index (κ2) is 15.3.